The summed E-state index contributed by atoms with van der Waals surface area (Å²) in [6, 6.07) is 0. The van der Waals surface area contributed by atoms with Crippen molar-refractivity contribution in [1.29, 1.82) is 0 Å². The summed E-state index contributed by atoms with van der Waals surface area (Å²) in [5.41, 5.74) is 2.92. The van der Waals surface area contributed by atoms with Crippen molar-refractivity contribution in [3.63, 3.8) is 0 Å². The van der Waals surface area contributed by atoms with E-state index in [4.69, 9.17) is 11.6 Å². The predicted octanol–water partition coefficient (Wildman–Crippen LogP) is -0.0651. The lowest BCUT2D eigenvalue weighted by molar-refractivity contribution is -0.174. The van der Waals surface area contributed by atoms with E-state index in [1.54, 1.807) is 5.43 Å². The third kappa shape index (κ3) is 4.91. The van der Waals surface area contributed by atoms with E-state index >= 15 is 0 Å². The second kappa shape index (κ2) is 4.27. The zero-order chi connectivity index (χ0) is 9.78. The van der Waals surface area contributed by atoms with Crippen molar-refractivity contribution in [2.75, 3.05) is 6.54 Å². The van der Waals surface area contributed by atoms with E-state index in [2.05, 4.69) is 0 Å². The van der Waals surface area contributed by atoms with E-state index in [9.17, 15) is 22.8 Å². The van der Waals surface area contributed by atoms with Crippen molar-refractivity contribution in [2.45, 2.75) is 6.18 Å². The Balaban J connectivity index is 3.66. The number of nitrogens with one attached hydrogen (secondary N) is 2. The van der Waals surface area contributed by atoms with Gasteiger partial charge in [-0.2, -0.15) is 13.2 Å². The number of halogens is 4. The fraction of sp³-hybridized carbons (Fsp3) is 0.500. The smallest absolute Gasteiger partial charge is 0.283 e. The molecule has 0 bridgehead atoms. The molecule has 0 spiro atoms. The van der Waals surface area contributed by atoms with E-state index in [0.717, 1.165) is 0 Å². The molecule has 1 amide bonds. The van der Waals surface area contributed by atoms with Crippen molar-refractivity contribution in [3.05, 3.63) is 0 Å². The van der Waals surface area contributed by atoms with Crippen LogP contribution in [0.15, 0.2) is 0 Å². The zero-order valence-electron chi connectivity index (χ0n) is 5.54. The molecule has 0 radical (unpaired) electrons. The van der Waals surface area contributed by atoms with E-state index in [1.807, 2.05) is 0 Å². The van der Waals surface area contributed by atoms with Gasteiger partial charge in [-0.1, -0.05) is 0 Å². The summed E-state index contributed by atoms with van der Waals surface area (Å²) in [6.45, 7) is -0.566. The molecule has 4 nitrogen and oxygen atoms in total. The van der Waals surface area contributed by atoms with Gasteiger partial charge < -0.3 is 0 Å². The van der Waals surface area contributed by atoms with E-state index in [-0.39, 0.29) is 0 Å². The summed E-state index contributed by atoms with van der Waals surface area (Å²) >= 11 is 4.74. The average Bonchev–Trinajstić information content (AvgIpc) is 1.84. The number of hydrazine groups is 1. The molecule has 0 rings (SSSR count). The summed E-state index contributed by atoms with van der Waals surface area (Å²) in [6.07, 6.45) is -4.97. The third-order valence-corrected chi connectivity index (χ3v) is 0.820. The molecule has 8 heteroatoms. The van der Waals surface area contributed by atoms with Gasteiger partial charge >= 0.3 is 12.1 Å². The summed E-state index contributed by atoms with van der Waals surface area (Å²) in [5, 5.41) is -0.905. The molecule has 0 unspecified atom stereocenters. The van der Waals surface area contributed by atoms with Crippen LogP contribution in [-0.4, -0.2) is 23.9 Å². The molecule has 0 fully saturated rings. The number of amides is 1. The van der Waals surface area contributed by atoms with E-state index < -0.39 is 23.9 Å². The summed E-state index contributed by atoms with van der Waals surface area (Å²) < 4.78 is 34.2. The largest absolute Gasteiger partial charge is 0.472 e. The first-order chi connectivity index (χ1) is 5.34. The molecule has 0 aliphatic carbocycles. The Labute approximate surface area is 70.0 Å². The number of carbonyl (C=O) groups is 2. The Hall–Kier alpha value is -0.820. The zero-order valence-corrected chi connectivity index (χ0v) is 6.29. The van der Waals surface area contributed by atoms with Gasteiger partial charge in [0.25, 0.3) is 0 Å². The monoisotopic (exact) mass is 204 g/mol. The maximum Gasteiger partial charge on any atom is 0.472 e. The first-order valence-electron chi connectivity index (χ1n) is 2.62. The second-order valence-electron chi connectivity index (χ2n) is 1.66. The Morgan fingerprint density at radius 3 is 2.17 bits per heavy atom. The Bertz CT molecular complexity index is 193. The maximum absolute atomic E-state index is 11.4. The summed E-state index contributed by atoms with van der Waals surface area (Å²) in [7, 11) is 0. The molecule has 0 saturated carbocycles. The highest BCUT2D eigenvalue weighted by Crippen LogP contribution is 2.13. The highest BCUT2D eigenvalue weighted by atomic mass is 35.5. The van der Waals surface area contributed by atoms with Crippen LogP contribution in [0.5, 0.6) is 0 Å². The number of hydrogen-bond donors (Lipinski definition) is 2. The van der Waals surface area contributed by atoms with Gasteiger partial charge in [-0.05, 0) is 11.6 Å². The Morgan fingerprint density at radius 2 is 1.83 bits per heavy atom. The SMILES string of the molecule is O=C(Cl)CNNC(=O)C(F)(F)F. The van der Waals surface area contributed by atoms with Crippen LogP contribution in [0.3, 0.4) is 0 Å². The van der Waals surface area contributed by atoms with Gasteiger partial charge in [0.15, 0.2) is 0 Å². The topological polar surface area (TPSA) is 58.2 Å². The molecule has 70 valence electrons. The molecule has 0 heterocycles. The molecule has 2 N–H and O–H groups in total. The molecule has 0 saturated heterocycles. The van der Waals surface area contributed by atoms with Gasteiger partial charge in [0.1, 0.15) is 0 Å². The number of carbonyl (C=O) groups excluding carboxylic acids is 2. The van der Waals surface area contributed by atoms with Gasteiger partial charge in [0.2, 0.25) is 5.24 Å². The van der Waals surface area contributed by atoms with Crippen molar-refractivity contribution in [3.8, 4) is 0 Å². The van der Waals surface area contributed by atoms with Gasteiger partial charge in [0.05, 0.1) is 6.54 Å². The average molecular weight is 205 g/mol. The highest BCUT2D eigenvalue weighted by Gasteiger charge is 2.38. The van der Waals surface area contributed by atoms with Crippen LogP contribution in [0, 0.1) is 0 Å². The standard InChI is InChI=1S/C4H4ClF3N2O2/c5-2(11)1-9-10-3(12)4(6,7)8/h9H,1H2,(H,10,12). The molecular formula is C4H4ClF3N2O2. The molecule has 0 aromatic carbocycles. The molecule has 0 aliphatic rings. The van der Waals surface area contributed by atoms with Crippen molar-refractivity contribution in [2.24, 2.45) is 0 Å². The van der Waals surface area contributed by atoms with Crippen LogP contribution in [0.1, 0.15) is 0 Å². The highest BCUT2D eigenvalue weighted by molar-refractivity contribution is 6.64. The Kier molecular flexibility index (Phi) is 3.98. The normalized spacial score (nSPS) is 11.0. The fourth-order valence-electron chi connectivity index (χ4n) is 0.265. The van der Waals surface area contributed by atoms with Crippen molar-refractivity contribution in [1.82, 2.24) is 10.9 Å². The minimum Gasteiger partial charge on any atom is -0.283 e. The van der Waals surface area contributed by atoms with Crippen LogP contribution < -0.4 is 10.9 Å². The van der Waals surface area contributed by atoms with E-state index in [0.29, 0.717) is 0 Å². The quantitative estimate of drug-likeness (QED) is 0.500. The van der Waals surface area contributed by atoms with Crippen molar-refractivity contribution >= 4 is 22.8 Å². The number of alkyl halides is 3. The number of rotatable bonds is 3. The van der Waals surface area contributed by atoms with Crippen LogP contribution in [0.2, 0.25) is 0 Å². The summed E-state index contributed by atoms with van der Waals surface area (Å²) in [5.74, 6) is -2.18. The van der Waals surface area contributed by atoms with Gasteiger partial charge in [-0.25, -0.2) is 5.43 Å². The summed E-state index contributed by atoms with van der Waals surface area (Å²) in [4.78, 5) is 19.9. The van der Waals surface area contributed by atoms with Crippen LogP contribution in [-0.2, 0) is 9.59 Å². The molecular weight excluding hydrogens is 201 g/mol. The number of hydrogen-bond acceptors (Lipinski definition) is 3. The van der Waals surface area contributed by atoms with Gasteiger partial charge in [-0.3, -0.25) is 15.0 Å². The molecule has 12 heavy (non-hydrogen) atoms. The van der Waals surface area contributed by atoms with Crippen LogP contribution in [0.25, 0.3) is 0 Å². The minimum atomic E-state index is -4.97. The maximum atomic E-state index is 11.4. The Morgan fingerprint density at radius 1 is 1.33 bits per heavy atom. The molecule has 0 aromatic heterocycles. The fourth-order valence-corrected chi connectivity index (χ4v) is 0.332. The predicted molar refractivity (Wildman–Crippen MR) is 33.1 cm³/mol. The molecule has 0 aromatic rings. The van der Waals surface area contributed by atoms with Crippen LogP contribution >= 0.6 is 11.6 Å². The van der Waals surface area contributed by atoms with Crippen LogP contribution in [0.4, 0.5) is 13.2 Å². The van der Waals surface area contributed by atoms with Crippen molar-refractivity contribution < 1.29 is 22.8 Å². The lowest BCUT2D eigenvalue weighted by Crippen LogP contribution is -2.46. The minimum absolute atomic E-state index is 0.566. The molecule has 0 aliphatic heterocycles. The van der Waals surface area contributed by atoms with Gasteiger partial charge in [-0.15, -0.1) is 0 Å². The lowest BCUT2D eigenvalue weighted by atomic mass is 10.6. The van der Waals surface area contributed by atoms with Gasteiger partial charge in [0, 0.05) is 0 Å². The third-order valence-electron chi connectivity index (χ3n) is 0.687. The first-order valence-corrected chi connectivity index (χ1v) is 3.00. The second-order valence-corrected chi connectivity index (χ2v) is 2.08. The van der Waals surface area contributed by atoms with E-state index in [1.165, 1.54) is 5.43 Å². The first kappa shape index (κ1) is 11.2. The lowest BCUT2D eigenvalue weighted by Gasteiger charge is -2.06. The molecule has 0 atom stereocenters.